The summed E-state index contributed by atoms with van der Waals surface area (Å²) in [5.41, 5.74) is 0. The third kappa shape index (κ3) is 27.6. The van der Waals surface area contributed by atoms with Crippen molar-refractivity contribution in [1.29, 1.82) is 0 Å². The molecular formula is C64H108O30. The van der Waals surface area contributed by atoms with Crippen molar-refractivity contribution in [3.8, 4) is 0 Å². The van der Waals surface area contributed by atoms with Crippen molar-refractivity contribution in [2.75, 3.05) is 26.4 Å². The molecule has 0 saturated carbocycles. The van der Waals surface area contributed by atoms with Crippen molar-refractivity contribution in [2.45, 2.75) is 285 Å². The fourth-order valence-corrected chi connectivity index (χ4v) is 10.1. The van der Waals surface area contributed by atoms with Crippen molar-refractivity contribution in [1.82, 2.24) is 0 Å². The molecule has 4 fully saturated rings. The molecule has 20 atom stereocenters. The Labute approximate surface area is 550 Å². The summed E-state index contributed by atoms with van der Waals surface area (Å²) in [6, 6.07) is 0. The third-order valence-electron chi connectivity index (χ3n) is 14.5. The van der Waals surface area contributed by atoms with Crippen LogP contribution >= 0.6 is 0 Å². The van der Waals surface area contributed by atoms with E-state index in [4.69, 9.17) is 71.4 Å². The van der Waals surface area contributed by atoms with Gasteiger partial charge in [0.05, 0.1) is 13.2 Å². The van der Waals surface area contributed by atoms with Gasteiger partial charge >= 0.3 is 47.8 Å². The highest BCUT2D eigenvalue weighted by atomic mass is 16.8. The van der Waals surface area contributed by atoms with Crippen LogP contribution in [0.25, 0.3) is 0 Å². The minimum absolute atomic E-state index is 0.00652. The zero-order valence-electron chi connectivity index (χ0n) is 57.2. The summed E-state index contributed by atoms with van der Waals surface area (Å²) in [5.74, 6) is -7.36. The largest absolute Gasteiger partial charge is 0.463 e. The maximum atomic E-state index is 13.9. The third-order valence-corrected chi connectivity index (χ3v) is 14.5. The lowest BCUT2D eigenvalue weighted by molar-refractivity contribution is -0.358. The molecule has 4 saturated heterocycles. The van der Waals surface area contributed by atoms with E-state index in [1.807, 2.05) is 27.7 Å². The number of hydrogen-bond donors (Lipinski definition) is 8. The van der Waals surface area contributed by atoms with Gasteiger partial charge in [0.2, 0.25) is 12.4 Å². The van der Waals surface area contributed by atoms with Crippen LogP contribution in [0.3, 0.4) is 0 Å². The molecule has 9 unspecified atom stereocenters. The molecule has 30 heteroatoms. The van der Waals surface area contributed by atoms with Gasteiger partial charge in [-0.3, -0.25) is 38.4 Å². The molecular weight excluding hydrogens is 1250 g/mol. The van der Waals surface area contributed by atoms with Crippen molar-refractivity contribution in [2.24, 2.45) is 47.3 Å². The molecule has 0 aromatic heterocycles. The van der Waals surface area contributed by atoms with Gasteiger partial charge < -0.3 is 107 Å². The molecule has 4 aliphatic rings. The number of hydrogen-bond acceptors (Lipinski definition) is 30. The quantitative estimate of drug-likeness (QED) is 0.0352. The van der Waals surface area contributed by atoms with Crippen LogP contribution in [-0.2, 0) is 105 Å². The molecule has 544 valence electrons. The monoisotopic (exact) mass is 1360 g/mol. The standard InChI is InChI=1S/C52H86O19.C12H22O11/c1-27(2)17-37(53)61-25-35-45(65-39(55)19-29(5)6)47(66-40(56)20-30(7)8)50(69-43(59)23-33(13)14)52(64-35)71-46-36(26-62-38(54)18-28(3)4)63-51(70-44(60)24-34(15)16)49(68-42(58)22-32(11)12)48(46)67-41(57)21-31(9)10;13-1-3-5(15)6(16)9(19)12(22-3)23-10-4(2-14)21-11(20)8(18)7(10)17/h27-36,45-52H,17-26H2,1-16H3;3-20H,1-2H2/t35?,36?,45-,46+,47-,48-,49?,50?,51?,52-;3?,4?,5-,6-,7+,8?,9?,10+,11+,12-/m00/s1. The molecule has 0 radical (unpaired) electrons. The van der Waals surface area contributed by atoms with Crippen LogP contribution in [0.5, 0.6) is 0 Å². The highest BCUT2D eigenvalue weighted by Gasteiger charge is 2.59. The topological polar surface area (TPSA) is 428 Å². The molecule has 8 N–H and O–H groups in total. The maximum absolute atomic E-state index is 13.9. The van der Waals surface area contributed by atoms with E-state index in [1.165, 1.54) is 0 Å². The highest BCUT2D eigenvalue weighted by molar-refractivity contribution is 5.74. The van der Waals surface area contributed by atoms with Crippen LogP contribution in [0.15, 0.2) is 0 Å². The number of ether oxygens (including phenoxy) is 14. The Kier molecular flexibility index (Phi) is 35.7. The summed E-state index contributed by atoms with van der Waals surface area (Å²) in [6.45, 7) is 26.1. The Morgan fingerprint density at radius 1 is 0.287 bits per heavy atom. The summed E-state index contributed by atoms with van der Waals surface area (Å²) in [5, 5.41) is 76.5. The van der Waals surface area contributed by atoms with E-state index in [0.29, 0.717) is 0 Å². The SMILES string of the molecule is CC(C)CC(=O)OCC1OC(OC(=O)CC(C)C)C(OC(=O)CC(C)C)[C@@H](OC(=O)CC(C)C)[C@@H]1O[C@@H]1OC(COC(=O)CC(C)C)[C@H](OC(=O)CC(C)C)[C@H](OC(=O)CC(C)C)C1OC(=O)CC(C)C.OCC1O[C@@H](O)C(O)[C@@H](O)[C@@H]1O[C@@H]1OC(CO)[C@H](O)[C@H](O)C1O. The lowest BCUT2D eigenvalue weighted by atomic mass is 9.95. The van der Waals surface area contributed by atoms with Crippen LogP contribution in [0, 0.1) is 47.3 Å². The van der Waals surface area contributed by atoms with E-state index in [2.05, 4.69) is 0 Å². The Morgan fingerprint density at radius 3 is 0.989 bits per heavy atom. The molecule has 4 rings (SSSR count). The highest BCUT2D eigenvalue weighted by Crippen LogP contribution is 2.38. The number of carbonyl (C=O) groups is 8. The van der Waals surface area contributed by atoms with Crippen LogP contribution in [0.4, 0.5) is 0 Å². The average Bonchev–Trinajstić information content (AvgIpc) is 0.776. The average molecular weight is 1360 g/mol. The summed E-state index contributed by atoms with van der Waals surface area (Å²) in [7, 11) is 0. The van der Waals surface area contributed by atoms with E-state index < -0.39 is 197 Å². The van der Waals surface area contributed by atoms with Crippen LogP contribution in [-0.4, -0.2) is 238 Å². The zero-order valence-corrected chi connectivity index (χ0v) is 57.2. The van der Waals surface area contributed by atoms with E-state index in [1.54, 1.807) is 83.1 Å². The molecule has 94 heavy (non-hydrogen) atoms. The van der Waals surface area contributed by atoms with Crippen LogP contribution in [0.1, 0.15) is 162 Å². The Bertz CT molecular complexity index is 2340. The van der Waals surface area contributed by atoms with Gasteiger partial charge in [0.15, 0.2) is 43.3 Å². The maximum Gasteiger partial charge on any atom is 0.308 e. The second kappa shape index (κ2) is 40.2. The smallest absolute Gasteiger partial charge is 0.308 e. The fourth-order valence-electron chi connectivity index (χ4n) is 10.1. The van der Waals surface area contributed by atoms with Crippen molar-refractivity contribution in [3.63, 3.8) is 0 Å². The molecule has 4 heterocycles. The number of aliphatic hydroxyl groups excluding tert-OH is 8. The second-order valence-corrected chi connectivity index (χ2v) is 27.6. The Hall–Kier alpha value is -4.80. The second-order valence-electron chi connectivity index (χ2n) is 27.6. The van der Waals surface area contributed by atoms with Gasteiger partial charge in [-0.2, -0.15) is 0 Å². The first kappa shape index (κ1) is 83.4. The molecule has 0 bridgehead atoms. The number of aliphatic hydroxyl groups is 8. The molecule has 0 amide bonds. The van der Waals surface area contributed by atoms with Crippen LogP contribution < -0.4 is 0 Å². The van der Waals surface area contributed by atoms with Gasteiger partial charge in [0, 0.05) is 51.4 Å². The van der Waals surface area contributed by atoms with E-state index >= 15 is 0 Å². The number of esters is 8. The van der Waals surface area contributed by atoms with Gasteiger partial charge in [-0.25, -0.2) is 0 Å². The molecule has 30 nitrogen and oxygen atoms in total. The first-order valence-corrected chi connectivity index (χ1v) is 32.6. The normalized spacial score (nSPS) is 31.2. The first-order valence-electron chi connectivity index (χ1n) is 32.6. The molecule has 0 aromatic carbocycles. The van der Waals surface area contributed by atoms with Gasteiger partial charge in [-0.1, -0.05) is 111 Å². The summed E-state index contributed by atoms with van der Waals surface area (Å²) in [4.78, 5) is 109. The van der Waals surface area contributed by atoms with Crippen molar-refractivity contribution >= 4 is 47.8 Å². The van der Waals surface area contributed by atoms with Gasteiger partial charge in [-0.15, -0.1) is 0 Å². The molecule has 0 spiro atoms. The van der Waals surface area contributed by atoms with Gasteiger partial charge in [-0.05, 0) is 47.3 Å². The van der Waals surface area contributed by atoms with E-state index in [-0.39, 0.29) is 98.7 Å². The fraction of sp³-hybridized carbons (Fsp3) is 0.875. The van der Waals surface area contributed by atoms with Crippen LogP contribution in [0.2, 0.25) is 0 Å². The summed E-state index contributed by atoms with van der Waals surface area (Å²) < 4.78 is 82.9. The first-order chi connectivity index (χ1) is 43.8. The zero-order chi connectivity index (χ0) is 71.2. The lowest BCUT2D eigenvalue weighted by Crippen LogP contribution is -2.67. The number of rotatable bonds is 32. The Balaban J connectivity index is 0.000000832. The minimum atomic E-state index is -1.88. The predicted octanol–water partition coefficient (Wildman–Crippen LogP) is 1.98. The van der Waals surface area contributed by atoms with Gasteiger partial charge in [0.1, 0.15) is 80.4 Å². The molecule has 0 aromatic rings. The van der Waals surface area contributed by atoms with E-state index in [0.717, 1.165) is 0 Å². The van der Waals surface area contributed by atoms with Crippen molar-refractivity contribution in [3.05, 3.63) is 0 Å². The van der Waals surface area contributed by atoms with E-state index in [9.17, 15) is 74.1 Å². The lowest BCUT2D eigenvalue weighted by Gasteiger charge is -2.48. The predicted molar refractivity (Wildman–Crippen MR) is 324 cm³/mol. The summed E-state index contributed by atoms with van der Waals surface area (Å²) >= 11 is 0. The minimum Gasteiger partial charge on any atom is -0.463 e. The molecule has 4 aliphatic heterocycles. The molecule has 0 aliphatic carbocycles. The van der Waals surface area contributed by atoms with Crippen molar-refractivity contribution < 1.29 is 146 Å². The summed E-state index contributed by atoms with van der Waals surface area (Å²) in [6.07, 6.45) is -33.0. The van der Waals surface area contributed by atoms with Gasteiger partial charge in [0.25, 0.3) is 0 Å². The number of carbonyl (C=O) groups excluding carboxylic acids is 8. The Morgan fingerprint density at radius 2 is 0.596 bits per heavy atom.